The highest BCUT2D eigenvalue weighted by atomic mass is 79.9. The first-order valence-electron chi connectivity index (χ1n) is 6.96. The van der Waals surface area contributed by atoms with Crippen LogP contribution in [0.2, 0.25) is 0 Å². The second-order valence-corrected chi connectivity index (χ2v) is 8.08. The predicted octanol–water partition coefficient (Wildman–Crippen LogP) is 5.65. The minimum atomic E-state index is 0.508. The third-order valence-corrected chi connectivity index (χ3v) is 6.13. The van der Waals surface area contributed by atoms with Crippen molar-refractivity contribution in [3.8, 4) is 0 Å². The summed E-state index contributed by atoms with van der Waals surface area (Å²) in [4.78, 5) is 0.728. The van der Waals surface area contributed by atoms with Crippen molar-refractivity contribution < 1.29 is 0 Å². The second-order valence-electron chi connectivity index (χ2n) is 7.02. The smallest absolute Gasteiger partial charge is 0.0197 e. The van der Waals surface area contributed by atoms with Crippen LogP contribution in [0.15, 0.2) is 0 Å². The third-order valence-electron chi connectivity index (χ3n) is 4.33. The van der Waals surface area contributed by atoms with Gasteiger partial charge in [-0.1, -0.05) is 57.0 Å². The Morgan fingerprint density at radius 2 is 1.62 bits per heavy atom. The first-order chi connectivity index (χ1) is 7.32. The Kier molecular flexibility index (Phi) is 5.35. The molecule has 1 aliphatic carbocycles. The van der Waals surface area contributed by atoms with E-state index in [1.165, 1.54) is 32.1 Å². The van der Waals surface area contributed by atoms with Crippen LogP contribution in [0.5, 0.6) is 0 Å². The predicted molar refractivity (Wildman–Crippen MR) is 77.1 cm³/mol. The molecule has 3 atom stereocenters. The van der Waals surface area contributed by atoms with Crippen molar-refractivity contribution in [3.05, 3.63) is 0 Å². The van der Waals surface area contributed by atoms with Crippen molar-refractivity contribution >= 4 is 15.9 Å². The number of alkyl halides is 1. The minimum Gasteiger partial charge on any atom is -0.0885 e. The molecule has 0 aromatic heterocycles. The standard InChI is InChI=1S/C15H29Br/c1-11(2)14(16)12-7-6-8-13(10-9-12)15(3,4)5/h11-14H,6-10H2,1-5H3. The fourth-order valence-electron chi connectivity index (χ4n) is 3.06. The summed E-state index contributed by atoms with van der Waals surface area (Å²) < 4.78 is 0. The summed E-state index contributed by atoms with van der Waals surface area (Å²) in [6.07, 6.45) is 7.17. The SMILES string of the molecule is CC(C)C(Br)C1CCCC(C(C)(C)C)CC1. The van der Waals surface area contributed by atoms with E-state index in [0.29, 0.717) is 5.41 Å². The van der Waals surface area contributed by atoms with E-state index in [4.69, 9.17) is 0 Å². The lowest BCUT2D eigenvalue weighted by molar-refractivity contribution is 0.212. The monoisotopic (exact) mass is 288 g/mol. The Morgan fingerprint density at radius 1 is 1.00 bits per heavy atom. The molecule has 0 N–H and O–H groups in total. The topological polar surface area (TPSA) is 0 Å². The molecule has 96 valence electrons. The molecule has 0 nitrogen and oxygen atoms in total. The molecule has 1 fully saturated rings. The van der Waals surface area contributed by atoms with Crippen molar-refractivity contribution in [2.45, 2.75) is 71.5 Å². The van der Waals surface area contributed by atoms with E-state index in [1.54, 1.807) is 0 Å². The van der Waals surface area contributed by atoms with Crippen LogP contribution in [0.1, 0.15) is 66.7 Å². The van der Waals surface area contributed by atoms with E-state index in [0.717, 1.165) is 22.6 Å². The molecule has 0 aromatic rings. The van der Waals surface area contributed by atoms with Gasteiger partial charge in [-0.2, -0.15) is 0 Å². The summed E-state index contributed by atoms with van der Waals surface area (Å²) in [6, 6.07) is 0. The summed E-state index contributed by atoms with van der Waals surface area (Å²) in [7, 11) is 0. The van der Waals surface area contributed by atoms with Crippen LogP contribution >= 0.6 is 15.9 Å². The highest BCUT2D eigenvalue weighted by Crippen LogP contribution is 2.41. The molecule has 1 heteroatoms. The molecule has 1 aliphatic rings. The van der Waals surface area contributed by atoms with Crippen molar-refractivity contribution in [3.63, 3.8) is 0 Å². The molecular formula is C15H29Br. The van der Waals surface area contributed by atoms with Crippen LogP contribution < -0.4 is 0 Å². The summed E-state index contributed by atoms with van der Waals surface area (Å²) in [6.45, 7) is 11.9. The molecule has 0 bridgehead atoms. The zero-order chi connectivity index (χ0) is 12.3. The van der Waals surface area contributed by atoms with Gasteiger partial charge >= 0.3 is 0 Å². The van der Waals surface area contributed by atoms with E-state index < -0.39 is 0 Å². The number of hydrogen-bond donors (Lipinski definition) is 0. The van der Waals surface area contributed by atoms with Crippen molar-refractivity contribution in [1.82, 2.24) is 0 Å². The molecule has 0 saturated heterocycles. The van der Waals surface area contributed by atoms with Gasteiger partial charge in [0.1, 0.15) is 0 Å². The van der Waals surface area contributed by atoms with Gasteiger partial charge in [0.25, 0.3) is 0 Å². The summed E-state index contributed by atoms with van der Waals surface area (Å²) in [5.74, 6) is 2.62. The van der Waals surface area contributed by atoms with Gasteiger partial charge in [-0.05, 0) is 48.9 Å². The van der Waals surface area contributed by atoms with Gasteiger partial charge in [-0.3, -0.25) is 0 Å². The lowest BCUT2D eigenvalue weighted by Gasteiger charge is -2.30. The molecule has 0 aromatic carbocycles. The van der Waals surface area contributed by atoms with Crippen LogP contribution in [0.3, 0.4) is 0 Å². The lowest BCUT2D eigenvalue weighted by Crippen LogP contribution is -2.21. The zero-order valence-electron chi connectivity index (χ0n) is 11.7. The van der Waals surface area contributed by atoms with Gasteiger partial charge in [-0.15, -0.1) is 0 Å². The zero-order valence-corrected chi connectivity index (χ0v) is 13.3. The molecule has 1 rings (SSSR count). The van der Waals surface area contributed by atoms with Gasteiger partial charge < -0.3 is 0 Å². The average Bonchev–Trinajstić information content (AvgIpc) is 2.40. The van der Waals surface area contributed by atoms with E-state index >= 15 is 0 Å². The summed E-state index contributed by atoms with van der Waals surface area (Å²) in [5.41, 5.74) is 0.508. The Labute approximate surface area is 111 Å². The number of rotatable bonds is 2. The maximum absolute atomic E-state index is 3.91. The van der Waals surface area contributed by atoms with Crippen LogP contribution in [-0.4, -0.2) is 4.83 Å². The molecule has 0 amide bonds. The Balaban J connectivity index is 2.53. The van der Waals surface area contributed by atoms with E-state index in [-0.39, 0.29) is 0 Å². The average molecular weight is 289 g/mol. The summed E-state index contributed by atoms with van der Waals surface area (Å²) >= 11 is 3.91. The molecule has 16 heavy (non-hydrogen) atoms. The van der Waals surface area contributed by atoms with Gasteiger partial charge in [0.2, 0.25) is 0 Å². The Bertz CT molecular complexity index is 202. The third kappa shape index (κ3) is 4.05. The van der Waals surface area contributed by atoms with Gasteiger partial charge in [0, 0.05) is 4.83 Å². The van der Waals surface area contributed by atoms with Crippen molar-refractivity contribution in [2.24, 2.45) is 23.2 Å². The first kappa shape index (κ1) is 14.5. The molecular weight excluding hydrogens is 260 g/mol. The summed E-state index contributed by atoms with van der Waals surface area (Å²) in [5, 5.41) is 0. The fourth-order valence-corrected chi connectivity index (χ4v) is 3.59. The highest BCUT2D eigenvalue weighted by molar-refractivity contribution is 9.09. The van der Waals surface area contributed by atoms with Gasteiger partial charge in [0.15, 0.2) is 0 Å². The van der Waals surface area contributed by atoms with E-state index in [2.05, 4.69) is 50.5 Å². The van der Waals surface area contributed by atoms with Crippen LogP contribution in [0, 0.1) is 23.2 Å². The molecule has 0 heterocycles. The van der Waals surface area contributed by atoms with Crippen LogP contribution in [0.25, 0.3) is 0 Å². The first-order valence-corrected chi connectivity index (χ1v) is 7.88. The fraction of sp³-hybridized carbons (Fsp3) is 1.00. The van der Waals surface area contributed by atoms with Gasteiger partial charge in [-0.25, -0.2) is 0 Å². The molecule has 0 spiro atoms. The Morgan fingerprint density at radius 3 is 2.12 bits per heavy atom. The Hall–Kier alpha value is 0.480. The molecule has 3 unspecified atom stereocenters. The lowest BCUT2D eigenvalue weighted by atomic mass is 9.76. The quantitative estimate of drug-likeness (QED) is 0.455. The maximum Gasteiger partial charge on any atom is 0.0197 e. The maximum atomic E-state index is 3.91. The van der Waals surface area contributed by atoms with E-state index in [9.17, 15) is 0 Å². The highest BCUT2D eigenvalue weighted by Gasteiger charge is 2.30. The second kappa shape index (κ2) is 5.89. The largest absolute Gasteiger partial charge is 0.0885 e. The van der Waals surface area contributed by atoms with Gasteiger partial charge in [0.05, 0.1) is 0 Å². The van der Waals surface area contributed by atoms with Crippen LogP contribution in [-0.2, 0) is 0 Å². The van der Waals surface area contributed by atoms with E-state index in [1.807, 2.05) is 0 Å². The number of halogens is 1. The normalized spacial score (nSPS) is 30.2. The van der Waals surface area contributed by atoms with Crippen molar-refractivity contribution in [1.29, 1.82) is 0 Å². The molecule has 0 radical (unpaired) electrons. The minimum absolute atomic E-state index is 0.508. The number of hydrogen-bond acceptors (Lipinski definition) is 0. The molecule has 1 saturated carbocycles. The van der Waals surface area contributed by atoms with Crippen molar-refractivity contribution in [2.75, 3.05) is 0 Å². The molecule has 0 aliphatic heterocycles. The van der Waals surface area contributed by atoms with Crippen LogP contribution in [0.4, 0.5) is 0 Å².